The van der Waals surface area contributed by atoms with Crippen molar-refractivity contribution < 1.29 is 19.0 Å². The van der Waals surface area contributed by atoms with Crippen molar-refractivity contribution in [2.24, 2.45) is 5.92 Å². The average molecular weight is 560 g/mol. The summed E-state index contributed by atoms with van der Waals surface area (Å²) in [5.74, 6) is 0.980. The second kappa shape index (κ2) is 12.1. The van der Waals surface area contributed by atoms with Crippen molar-refractivity contribution in [1.82, 2.24) is 0 Å². The number of methoxy groups -OCH3 is 2. The lowest BCUT2D eigenvalue weighted by Crippen LogP contribution is -2.52. The fourth-order valence-electron chi connectivity index (χ4n) is 6.46. The summed E-state index contributed by atoms with van der Waals surface area (Å²) >= 11 is 6.25. The van der Waals surface area contributed by atoms with Crippen molar-refractivity contribution >= 4 is 29.3 Å². The molecule has 0 aliphatic heterocycles. The monoisotopic (exact) mass is 559 g/mol. The van der Waals surface area contributed by atoms with Gasteiger partial charge in [0.2, 0.25) is 0 Å². The smallest absolute Gasteiger partial charge is 0.331 e. The first-order valence-corrected chi connectivity index (χ1v) is 14.4. The fraction of sp³-hybridized carbons (Fsp3) is 0.382. The van der Waals surface area contributed by atoms with E-state index in [4.69, 9.17) is 25.8 Å². The van der Waals surface area contributed by atoms with E-state index in [1.807, 2.05) is 48.5 Å². The second-order valence-electron chi connectivity index (χ2n) is 11.2. The summed E-state index contributed by atoms with van der Waals surface area (Å²) in [6.45, 7) is 3.52. The normalized spacial score (nSPS) is 22.4. The molecule has 0 saturated heterocycles. The van der Waals surface area contributed by atoms with E-state index in [1.54, 1.807) is 7.11 Å². The number of carbonyl (C=O) groups is 1. The standard InChI is InChI=1S/C34H38ClNO4/c1-24(22-40-23-25-11-13-30(38-2)14-12-25)19-27-20-26-7-4-5-10-31(26)33(27)15-17-34(18-16-33,32(37)39-3)36-29-9-6-8-28(35)21-29/h4-14,20-21,24,36H,15-19,22-23H2,1-3H3/t24-,33?,34?/m1/s1. The number of halogens is 1. The molecule has 210 valence electrons. The third-order valence-electron chi connectivity index (χ3n) is 8.56. The summed E-state index contributed by atoms with van der Waals surface area (Å²) < 4.78 is 16.7. The van der Waals surface area contributed by atoms with Crippen LogP contribution in [0.25, 0.3) is 6.08 Å². The maximum absolute atomic E-state index is 13.2. The summed E-state index contributed by atoms with van der Waals surface area (Å²) in [6.07, 6.45) is 6.38. The molecular formula is C34H38ClNO4. The SMILES string of the molecule is COC(=O)C1(Nc2cccc(Cl)c2)CCC2(CC1)C(C[C@@H](C)COCc1ccc(OC)cc1)=Cc1ccccc12. The van der Waals surface area contributed by atoms with Gasteiger partial charge in [-0.2, -0.15) is 0 Å². The molecule has 0 unspecified atom stereocenters. The van der Waals surface area contributed by atoms with Gasteiger partial charge in [0.25, 0.3) is 0 Å². The van der Waals surface area contributed by atoms with E-state index in [0.717, 1.165) is 36.3 Å². The first-order valence-electron chi connectivity index (χ1n) is 14.0. The van der Waals surface area contributed by atoms with Gasteiger partial charge >= 0.3 is 5.97 Å². The number of ether oxygens (including phenoxy) is 3. The number of esters is 1. The van der Waals surface area contributed by atoms with Crippen molar-refractivity contribution in [3.8, 4) is 5.75 Å². The average Bonchev–Trinajstić information content (AvgIpc) is 3.26. The Hall–Kier alpha value is -3.28. The van der Waals surface area contributed by atoms with Crippen LogP contribution in [0.5, 0.6) is 5.75 Å². The molecule has 2 aliphatic rings. The Morgan fingerprint density at radius 2 is 1.73 bits per heavy atom. The number of fused-ring (bicyclic) bond motifs is 2. The van der Waals surface area contributed by atoms with Crippen molar-refractivity contribution in [2.45, 2.75) is 56.6 Å². The zero-order valence-corrected chi connectivity index (χ0v) is 24.3. The molecular weight excluding hydrogens is 522 g/mol. The Balaban J connectivity index is 1.30. The van der Waals surface area contributed by atoms with Crippen LogP contribution in [-0.2, 0) is 26.3 Å². The van der Waals surface area contributed by atoms with Crippen LogP contribution in [0, 0.1) is 5.92 Å². The van der Waals surface area contributed by atoms with Crippen LogP contribution in [-0.4, -0.2) is 32.3 Å². The van der Waals surface area contributed by atoms with E-state index in [9.17, 15) is 4.79 Å². The van der Waals surface area contributed by atoms with Crippen molar-refractivity contribution in [3.05, 3.63) is 100 Å². The molecule has 0 amide bonds. The first-order chi connectivity index (χ1) is 19.4. The van der Waals surface area contributed by atoms with Gasteiger partial charge in [0.1, 0.15) is 11.3 Å². The van der Waals surface area contributed by atoms with E-state index in [-0.39, 0.29) is 11.4 Å². The Kier molecular flexibility index (Phi) is 8.53. The van der Waals surface area contributed by atoms with Crippen molar-refractivity contribution in [3.63, 3.8) is 0 Å². The van der Waals surface area contributed by atoms with Crippen LogP contribution < -0.4 is 10.1 Å². The number of nitrogens with one attached hydrogen (secondary N) is 1. The molecule has 0 radical (unpaired) electrons. The van der Waals surface area contributed by atoms with Crippen LogP contribution in [0.3, 0.4) is 0 Å². The van der Waals surface area contributed by atoms with Crippen LogP contribution in [0.15, 0.2) is 78.4 Å². The Labute approximate surface area is 242 Å². The molecule has 5 rings (SSSR count). The predicted octanol–water partition coefficient (Wildman–Crippen LogP) is 7.82. The van der Waals surface area contributed by atoms with Gasteiger partial charge in [0, 0.05) is 22.7 Å². The van der Waals surface area contributed by atoms with Crippen LogP contribution in [0.2, 0.25) is 5.02 Å². The molecule has 1 atom stereocenters. The minimum absolute atomic E-state index is 0.0889. The molecule has 1 saturated carbocycles. The summed E-state index contributed by atoms with van der Waals surface area (Å²) in [5.41, 5.74) is 5.19. The number of rotatable bonds is 10. The van der Waals surface area contributed by atoms with Gasteiger partial charge in [-0.15, -0.1) is 0 Å². The summed E-state index contributed by atoms with van der Waals surface area (Å²) in [4.78, 5) is 13.2. The van der Waals surface area contributed by atoms with Gasteiger partial charge < -0.3 is 19.5 Å². The second-order valence-corrected chi connectivity index (χ2v) is 11.7. The molecule has 1 fully saturated rings. The first kappa shape index (κ1) is 28.3. The molecule has 0 aromatic heterocycles. The quantitative estimate of drug-likeness (QED) is 0.257. The highest BCUT2D eigenvalue weighted by Gasteiger charge is 2.51. The molecule has 6 heteroatoms. The Bertz CT molecular complexity index is 1360. The Morgan fingerprint density at radius 1 is 0.975 bits per heavy atom. The van der Waals surface area contributed by atoms with Crippen LogP contribution >= 0.6 is 11.6 Å². The molecule has 5 nitrogen and oxygen atoms in total. The highest BCUT2D eigenvalue weighted by Crippen LogP contribution is 2.55. The summed E-state index contributed by atoms with van der Waals surface area (Å²) in [5, 5.41) is 4.15. The molecule has 3 aromatic rings. The van der Waals surface area contributed by atoms with Gasteiger partial charge in [-0.05, 0) is 85.0 Å². The summed E-state index contributed by atoms with van der Waals surface area (Å²) in [7, 11) is 3.14. The van der Waals surface area contributed by atoms with Crippen molar-refractivity contribution in [2.75, 3.05) is 26.1 Å². The molecule has 0 bridgehead atoms. The number of allylic oxidation sites excluding steroid dienone is 1. The molecule has 3 aromatic carbocycles. The lowest BCUT2D eigenvalue weighted by Gasteiger charge is -2.46. The molecule has 1 spiro atoms. The van der Waals surface area contributed by atoms with Crippen LogP contribution in [0.1, 0.15) is 55.7 Å². The topological polar surface area (TPSA) is 56.8 Å². The zero-order chi connectivity index (χ0) is 28.2. The molecule has 40 heavy (non-hydrogen) atoms. The van der Waals surface area contributed by atoms with E-state index < -0.39 is 5.54 Å². The molecule has 1 N–H and O–H groups in total. The number of benzene rings is 3. The zero-order valence-electron chi connectivity index (χ0n) is 23.5. The predicted molar refractivity (Wildman–Crippen MR) is 161 cm³/mol. The highest BCUT2D eigenvalue weighted by atomic mass is 35.5. The minimum Gasteiger partial charge on any atom is -0.497 e. The third kappa shape index (κ3) is 5.77. The van der Waals surface area contributed by atoms with Gasteiger partial charge in [0.05, 0.1) is 20.8 Å². The maximum Gasteiger partial charge on any atom is 0.331 e. The van der Waals surface area contributed by atoms with E-state index >= 15 is 0 Å². The van der Waals surface area contributed by atoms with Gasteiger partial charge in [-0.3, -0.25) is 0 Å². The van der Waals surface area contributed by atoms with Gasteiger partial charge in [-0.25, -0.2) is 4.79 Å². The number of carbonyl (C=O) groups excluding carboxylic acids is 1. The Morgan fingerprint density at radius 3 is 2.42 bits per heavy atom. The molecule has 0 heterocycles. The van der Waals surface area contributed by atoms with Gasteiger partial charge in [-0.1, -0.05) is 72.6 Å². The van der Waals surface area contributed by atoms with E-state index in [2.05, 4.69) is 42.6 Å². The fourth-order valence-corrected chi connectivity index (χ4v) is 6.65. The van der Waals surface area contributed by atoms with E-state index in [0.29, 0.717) is 37.0 Å². The minimum atomic E-state index is -0.791. The highest BCUT2D eigenvalue weighted by molar-refractivity contribution is 6.30. The van der Waals surface area contributed by atoms with Crippen LogP contribution in [0.4, 0.5) is 5.69 Å². The lowest BCUT2D eigenvalue weighted by molar-refractivity contribution is -0.147. The largest absolute Gasteiger partial charge is 0.497 e. The van der Waals surface area contributed by atoms with E-state index in [1.165, 1.54) is 23.8 Å². The number of anilines is 1. The maximum atomic E-state index is 13.2. The summed E-state index contributed by atoms with van der Waals surface area (Å²) in [6, 6.07) is 24.3. The number of hydrogen-bond acceptors (Lipinski definition) is 5. The number of hydrogen-bond donors (Lipinski definition) is 1. The van der Waals surface area contributed by atoms with Gasteiger partial charge in [0.15, 0.2) is 0 Å². The third-order valence-corrected chi connectivity index (χ3v) is 8.80. The van der Waals surface area contributed by atoms with Crippen molar-refractivity contribution in [1.29, 1.82) is 0 Å². The molecule has 2 aliphatic carbocycles. The lowest BCUT2D eigenvalue weighted by atomic mass is 9.61.